The highest BCUT2D eigenvalue weighted by Gasteiger charge is 2.13. The van der Waals surface area contributed by atoms with Gasteiger partial charge >= 0.3 is 0 Å². The van der Waals surface area contributed by atoms with E-state index in [9.17, 15) is 4.79 Å². The number of halogens is 1. The van der Waals surface area contributed by atoms with Crippen molar-refractivity contribution in [3.05, 3.63) is 71.6 Å². The Balaban J connectivity index is 1.51. The van der Waals surface area contributed by atoms with E-state index in [0.717, 1.165) is 11.1 Å². The number of benzene rings is 2. The first-order valence-electron chi connectivity index (χ1n) is 8.54. The van der Waals surface area contributed by atoms with E-state index in [1.165, 1.54) is 23.7 Å². The van der Waals surface area contributed by atoms with Crippen molar-refractivity contribution in [1.82, 2.24) is 19.7 Å². The molecule has 0 aliphatic rings. The number of carbonyl (C=O) groups excluding carboxylic acids is 1. The number of amides is 1. The van der Waals surface area contributed by atoms with Crippen molar-refractivity contribution in [2.75, 3.05) is 11.1 Å². The van der Waals surface area contributed by atoms with Gasteiger partial charge in [0, 0.05) is 10.7 Å². The summed E-state index contributed by atoms with van der Waals surface area (Å²) >= 11 is 7.29. The van der Waals surface area contributed by atoms with Gasteiger partial charge in [-0.05, 0) is 37.3 Å². The molecule has 0 saturated heterocycles. The maximum absolute atomic E-state index is 12.3. The van der Waals surface area contributed by atoms with Gasteiger partial charge in [-0.15, -0.1) is 0 Å². The number of anilines is 1. The number of rotatable bonds is 5. The molecule has 0 saturated carbocycles. The Morgan fingerprint density at radius 3 is 2.79 bits per heavy atom. The summed E-state index contributed by atoms with van der Waals surface area (Å²) in [6, 6.07) is 15.1. The number of carbonyl (C=O) groups is 1. The number of aryl methyl sites for hydroxylation is 1. The molecular formula is C20H16ClN5OS. The van der Waals surface area contributed by atoms with E-state index < -0.39 is 0 Å². The van der Waals surface area contributed by atoms with Crippen LogP contribution in [-0.2, 0) is 4.79 Å². The second kappa shape index (κ2) is 8.00. The Kier molecular flexibility index (Phi) is 5.27. The predicted octanol–water partition coefficient (Wildman–Crippen LogP) is 4.51. The molecule has 2 aromatic carbocycles. The SMILES string of the molecule is Cc1ccc(-n2ncc3c(SCC(=O)Nc4cccc(Cl)c4)ncnc32)cc1. The summed E-state index contributed by atoms with van der Waals surface area (Å²) < 4.78 is 1.77. The van der Waals surface area contributed by atoms with Gasteiger partial charge in [-0.3, -0.25) is 4.79 Å². The van der Waals surface area contributed by atoms with Crippen LogP contribution in [0.15, 0.2) is 66.1 Å². The van der Waals surface area contributed by atoms with Crippen LogP contribution in [0.2, 0.25) is 5.02 Å². The average Bonchev–Trinajstić information content (AvgIpc) is 3.12. The van der Waals surface area contributed by atoms with E-state index >= 15 is 0 Å². The van der Waals surface area contributed by atoms with Crippen molar-refractivity contribution in [3.63, 3.8) is 0 Å². The lowest BCUT2D eigenvalue weighted by Gasteiger charge is -2.06. The van der Waals surface area contributed by atoms with Gasteiger partial charge in [0.05, 0.1) is 23.0 Å². The molecule has 0 unspecified atom stereocenters. The number of nitrogens with one attached hydrogen (secondary N) is 1. The smallest absolute Gasteiger partial charge is 0.234 e. The lowest BCUT2D eigenvalue weighted by atomic mass is 10.2. The van der Waals surface area contributed by atoms with Crippen molar-refractivity contribution in [2.24, 2.45) is 0 Å². The summed E-state index contributed by atoms with van der Waals surface area (Å²) in [6.45, 7) is 2.04. The van der Waals surface area contributed by atoms with Crippen molar-refractivity contribution in [1.29, 1.82) is 0 Å². The van der Waals surface area contributed by atoms with Gasteiger partial charge in [-0.2, -0.15) is 5.10 Å². The van der Waals surface area contributed by atoms with E-state index in [2.05, 4.69) is 20.4 Å². The van der Waals surface area contributed by atoms with Gasteiger partial charge < -0.3 is 5.32 Å². The molecule has 4 rings (SSSR count). The summed E-state index contributed by atoms with van der Waals surface area (Å²) in [6.07, 6.45) is 3.22. The second-order valence-corrected chi connectivity index (χ2v) is 7.56. The molecule has 4 aromatic rings. The van der Waals surface area contributed by atoms with Crippen LogP contribution < -0.4 is 5.32 Å². The number of hydrogen-bond donors (Lipinski definition) is 1. The van der Waals surface area contributed by atoms with E-state index in [1.807, 2.05) is 31.2 Å². The zero-order chi connectivity index (χ0) is 19.5. The third kappa shape index (κ3) is 4.00. The van der Waals surface area contributed by atoms with Crippen LogP contribution in [0.25, 0.3) is 16.7 Å². The highest BCUT2D eigenvalue weighted by molar-refractivity contribution is 8.00. The van der Waals surface area contributed by atoms with Crippen molar-refractivity contribution < 1.29 is 4.79 Å². The van der Waals surface area contributed by atoms with Gasteiger partial charge in [-0.25, -0.2) is 14.6 Å². The fourth-order valence-electron chi connectivity index (χ4n) is 2.71. The Morgan fingerprint density at radius 1 is 1.18 bits per heavy atom. The minimum Gasteiger partial charge on any atom is -0.325 e. The average molecular weight is 410 g/mol. The molecule has 28 heavy (non-hydrogen) atoms. The maximum atomic E-state index is 12.3. The van der Waals surface area contributed by atoms with Crippen LogP contribution in [-0.4, -0.2) is 31.4 Å². The second-order valence-electron chi connectivity index (χ2n) is 6.16. The number of thioether (sulfide) groups is 1. The molecule has 0 aliphatic heterocycles. The zero-order valence-corrected chi connectivity index (χ0v) is 16.5. The van der Waals surface area contributed by atoms with Gasteiger partial charge in [-0.1, -0.05) is 47.1 Å². The molecular weight excluding hydrogens is 394 g/mol. The van der Waals surface area contributed by atoms with E-state index in [-0.39, 0.29) is 11.7 Å². The molecule has 0 bridgehead atoms. The van der Waals surface area contributed by atoms with Crippen LogP contribution in [0.1, 0.15) is 5.56 Å². The van der Waals surface area contributed by atoms with Crippen LogP contribution >= 0.6 is 23.4 Å². The summed E-state index contributed by atoms with van der Waals surface area (Å²) in [5.41, 5.74) is 3.47. The first-order chi connectivity index (χ1) is 13.6. The molecule has 0 fully saturated rings. The lowest BCUT2D eigenvalue weighted by Crippen LogP contribution is -2.14. The topological polar surface area (TPSA) is 72.7 Å². The molecule has 0 aliphatic carbocycles. The number of fused-ring (bicyclic) bond motifs is 1. The van der Waals surface area contributed by atoms with Crippen molar-refractivity contribution in [3.8, 4) is 5.69 Å². The quantitative estimate of drug-likeness (QED) is 0.388. The molecule has 0 radical (unpaired) electrons. The first-order valence-corrected chi connectivity index (χ1v) is 9.90. The molecule has 140 valence electrons. The van der Waals surface area contributed by atoms with Gasteiger partial charge in [0.2, 0.25) is 5.91 Å². The predicted molar refractivity (Wildman–Crippen MR) is 112 cm³/mol. The van der Waals surface area contributed by atoms with Crippen molar-refractivity contribution >= 4 is 46.0 Å². The minimum atomic E-state index is -0.134. The molecule has 2 heterocycles. The van der Waals surface area contributed by atoms with Crippen LogP contribution in [0.5, 0.6) is 0 Å². The summed E-state index contributed by atoms with van der Waals surface area (Å²) in [7, 11) is 0. The summed E-state index contributed by atoms with van der Waals surface area (Å²) in [4.78, 5) is 20.9. The van der Waals surface area contributed by atoms with Crippen LogP contribution in [0.4, 0.5) is 5.69 Å². The highest BCUT2D eigenvalue weighted by Crippen LogP contribution is 2.26. The molecule has 1 amide bonds. The number of nitrogens with zero attached hydrogens (tertiary/aromatic N) is 4. The molecule has 0 atom stereocenters. The highest BCUT2D eigenvalue weighted by atomic mass is 35.5. The van der Waals surface area contributed by atoms with Crippen molar-refractivity contribution in [2.45, 2.75) is 11.9 Å². The Bertz CT molecular complexity index is 1140. The third-order valence-electron chi connectivity index (χ3n) is 4.06. The fourth-order valence-corrected chi connectivity index (χ4v) is 3.66. The zero-order valence-electron chi connectivity index (χ0n) is 15.0. The number of aromatic nitrogens is 4. The van der Waals surface area contributed by atoms with Gasteiger partial charge in [0.15, 0.2) is 5.65 Å². The fraction of sp³-hybridized carbons (Fsp3) is 0.100. The minimum absolute atomic E-state index is 0.134. The first kappa shape index (κ1) is 18.5. The molecule has 8 heteroatoms. The third-order valence-corrected chi connectivity index (χ3v) is 5.30. The Morgan fingerprint density at radius 2 is 2.00 bits per heavy atom. The monoisotopic (exact) mass is 409 g/mol. The maximum Gasteiger partial charge on any atom is 0.234 e. The van der Waals surface area contributed by atoms with Gasteiger partial charge in [0.25, 0.3) is 0 Å². The summed E-state index contributed by atoms with van der Waals surface area (Å²) in [5, 5.41) is 9.37. The standard InChI is InChI=1S/C20H16ClN5OS/c1-13-5-7-16(8-6-13)26-19-17(10-24-26)20(23-12-22-19)28-11-18(27)25-15-4-2-3-14(21)9-15/h2-10,12H,11H2,1H3,(H,25,27). The van der Waals surface area contributed by atoms with Crippen LogP contribution in [0.3, 0.4) is 0 Å². The molecule has 0 spiro atoms. The molecule has 2 aromatic heterocycles. The van der Waals surface area contributed by atoms with E-state index in [4.69, 9.17) is 11.6 Å². The normalized spacial score (nSPS) is 10.9. The lowest BCUT2D eigenvalue weighted by molar-refractivity contribution is -0.113. The Hall–Kier alpha value is -2.90. The van der Waals surface area contributed by atoms with E-state index in [0.29, 0.717) is 21.4 Å². The van der Waals surface area contributed by atoms with Crippen LogP contribution in [0, 0.1) is 6.92 Å². The largest absolute Gasteiger partial charge is 0.325 e. The summed E-state index contributed by atoms with van der Waals surface area (Å²) in [5.74, 6) is 0.0823. The number of hydrogen-bond acceptors (Lipinski definition) is 5. The molecule has 1 N–H and O–H groups in total. The van der Waals surface area contributed by atoms with Gasteiger partial charge in [0.1, 0.15) is 11.4 Å². The van der Waals surface area contributed by atoms with E-state index in [1.54, 1.807) is 35.1 Å². The Labute approximate surface area is 171 Å². The molecule has 6 nitrogen and oxygen atoms in total.